The molecule has 0 bridgehead atoms. The van der Waals surface area contributed by atoms with E-state index in [-0.39, 0.29) is 23.0 Å². The number of pyridine rings is 1. The molecule has 0 spiro atoms. The Labute approximate surface area is 98.0 Å². The Morgan fingerprint density at radius 1 is 1.35 bits per heavy atom. The van der Waals surface area contributed by atoms with E-state index in [0.717, 1.165) is 5.69 Å². The predicted molar refractivity (Wildman–Crippen MR) is 64.0 cm³/mol. The van der Waals surface area contributed by atoms with Gasteiger partial charge in [0.2, 0.25) is 0 Å². The van der Waals surface area contributed by atoms with Gasteiger partial charge in [-0.1, -0.05) is 6.07 Å². The Bertz CT molecular complexity index is 726. The third-order valence-electron chi connectivity index (χ3n) is 3.20. The lowest BCUT2D eigenvalue weighted by molar-refractivity contribution is 0.601. The molecule has 1 saturated heterocycles. The fourth-order valence-corrected chi connectivity index (χ4v) is 4.07. The van der Waals surface area contributed by atoms with Crippen molar-refractivity contribution in [3.05, 3.63) is 40.4 Å². The molecule has 1 unspecified atom stereocenters. The second-order valence-corrected chi connectivity index (χ2v) is 6.66. The van der Waals surface area contributed by atoms with Gasteiger partial charge in [0.05, 0.1) is 11.5 Å². The van der Waals surface area contributed by atoms with Gasteiger partial charge < -0.3 is 4.98 Å². The summed E-state index contributed by atoms with van der Waals surface area (Å²) in [6, 6.07) is 4.97. The summed E-state index contributed by atoms with van der Waals surface area (Å²) < 4.78 is 24.3. The molecule has 0 amide bonds. The number of aromatic nitrogens is 2. The molecule has 0 radical (unpaired) electrons. The molecular weight excluding hydrogens is 240 g/mol. The number of sulfone groups is 1. The predicted octanol–water partition coefficient (Wildman–Crippen LogP) is 0.530. The van der Waals surface area contributed by atoms with E-state index < -0.39 is 9.84 Å². The maximum atomic E-state index is 11.6. The van der Waals surface area contributed by atoms with Crippen LogP contribution in [0.2, 0.25) is 0 Å². The van der Waals surface area contributed by atoms with Gasteiger partial charge in [-0.3, -0.25) is 9.20 Å². The summed E-state index contributed by atoms with van der Waals surface area (Å²) in [6.07, 6.45) is 2.34. The van der Waals surface area contributed by atoms with Crippen LogP contribution in [0.15, 0.2) is 29.2 Å². The summed E-state index contributed by atoms with van der Waals surface area (Å²) in [5.41, 5.74) is 1.43. The number of H-pyrrole nitrogens is 1. The summed E-state index contributed by atoms with van der Waals surface area (Å²) in [5, 5.41) is 0. The number of hydrogen-bond donors (Lipinski definition) is 1. The summed E-state index contributed by atoms with van der Waals surface area (Å²) in [4.78, 5) is 14.7. The van der Waals surface area contributed by atoms with Gasteiger partial charge in [0.1, 0.15) is 5.65 Å². The Kier molecular flexibility index (Phi) is 2.16. The Hall–Kier alpha value is -1.56. The molecule has 1 aliphatic heterocycles. The van der Waals surface area contributed by atoms with Crippen molar-refractivity contribution in [3.8, 4) is 0 Å². The number of rotatable bonds is 1. The Balaban J connectivity index is 2.08. The number of fused-ring (bicyclic) bond motifs is 1. The van der Waals surface area contributed by atoms with E-state index >= 15 is 0 Å². The molecule has 6 heteroatoms. The lowest BCUT2D eigenvalue weighted by atomic mass is 10.1. The van der Waals surface area contributed by atoms with E-state index in [1.807, 2.05) is 0 Å². The lowest BCUT2D eigenvalue weighted by Gasteiger charge is -2.02. The van der Waals surface area contributed by atoms with Crippen molar-refractivity contribution in [1.82, 2.24) is 9.38 Å². The van der Waals surface area contributed by atoms with Crippen LogP contribution in [-0.4, -0.2) is 29.3 Å². The van der Waals surface area contributed by atoms with Crippen LogP contribution in [-0.2, 0) is 9.84 Å². The van der Waals surface area contributed by atoms with Crippen molar-refractivity contribution < 1.29 is 8.42 Å². The molecule has 1 aliphatic rings. The van der Waals surface area contributed by atoms with Crippen LogP contribution in [0, 0.1) is 0 Å². The van der Waals surface area contributed by atoms with Gasteiger partial charge in [-0.05, 0) is 12.5 Å². The highest BCUT2D eigenvalue weighted by molar-refractivity contribution is 7.91. The Morgan fingerprint density at radius 3 is 2.82 bits per heavy atom. The second kappa shape index (κ2) is 3.46. The summed E-state index contributed by atoms with van der Waals surface area (Å²) in [5.74, 6) is 0.399. The SMILES string of the molecule is O=c1cccc2[nH]c(C3CCS(=O)(=O)C3)cn12. The second-order valence-electron chi connectivity index (χ2n) is 4.43. The highest BCUT2D eigenvalue weighted by Gasteiger charge is 2.30. The zero-order chi connectivity index (χ0) is 12.0. The molecule has 3 heterocycles. The zero-order valence-electron chi connectivity index (χ0n) is 9.09. The highest BCUT2D eigenvalue weighted by Crippen LogP contribution is 2.27. The molecule has 1 atom stereocenters. The highest BCUT2D eigenvalue weighted by atomic mass is 32.2. The zero-order valence-corrected chi connectivity index (χ0v) is 9.90. The molecular formula is C11H12N2O3S. The standard InChI is InChI=1S/C11H12N2O3S/c14-11-3-1-2-10-12-9(6-13(10)11)8-4-5-17(15,16)7-8/h1-3,6,8,12H,4-5,7H2. The first-order chi connectivity index (χ1) is 8.05. The van der Waals surface area contributed by atoms with E-state index in [2.05, 4.69) is 4.98 Å². The van der Waals surface area contributed by atoms with Crippen molar-refractivity contribution in [2.45, 2.75) is 12.3 Å². The van der Waals surface area contributed by atoms with Gasteiger partial charge in [-0.2, -0.15) is 0 Å². The molecule has 0 saturated carbocycles. The van der Waals surface area contributed by atoms with E-state index in [1.165, 1.54) is 10.5 Å². The molecule has 1 N–H and O–H groups in total. The smallest absolute Gasteiger partial charge is 0.256 e. The minimum atomic E-state index is -2.90. The number of nitrogens with one attached hydrogen (secondary N) is 1. The van der Waals surface area contributed by atoms with Gasteiger partial charge in [-0.15, -0.1) is 0 Å². The minimum absolute atomic E-state index is 0.0145. The van der Waals surface area contributed by atoms with Crippen LogP contribution in [0.5, 0.6) is 0 Å². The number of imidazole rings is 1. The van der Waals surface area contributed by atoms with Gasteiger partial charge in [0, 0.05) is 23.9 Å². The van der Waals surface area contributed by atoms with Crippen LogP contribution in [0.4, 0.5) is 0 Å². The van der Waals surface area contributed by atoms with Crippen molar-refractivity contribution >= 4 is 15.5 Å². The van der Waals surface area contributed by atoms with E-state index in [4.69, 9.17) is 0 Å². The van der Waals surface area contributed by atoms with Crippen molar-refractivity contribution in [3.63, 3.8) is 0 Å². The number of hydrogen-bond acceptors (Lipinski definition) is 3. The summed E-state index contributed by atoms with van der Waals surface area (Å²) in [7, 11) is -2.90. The fraction of sp³-hybridized carbons (Fsp3) is 0.364. The average molecular weight is 252 g/mol. The normalized spacial score (nSPS) is 23.2. The lowest BCUT2D eigenvalue weighted by Crippen LogP contribution is -2.08. The largest absolute Gasteiger partial charge is 0.343 e. The molecule has 3 rings (SSSR count). The number of aromatic amines is 1. The minimum Gasteiger partial charge on any atom is -0.343 e. The van der Waals surface area contributed by atoms with Crippen molar-refractivity contribution in [2.24, 2.45) is 0 Å². The molecule has 0 aromatic carbocycles. The molecule has 5 nitrogen and oxygen atoms in total. The number of nitrogens with zero attached hydrogens (tertiary/aromatic N) is 1. The van der Waals surface area contributed by atoms with Crippen LogP contribution in [0.25, 0.3) is 5.65 Å². The first kappa shape index (κ1) is 10.6. The fourth-order valence-electron chi connectivity index (χ4n) is 2.30. The van der Waals surface area contributed by atoms with Gasteiger partial charge in [0.15, 0.2) is 9.84 Å². The van der Waals surface area contributed by atoms with E-state index in [1.54, 1.807) is 18.3 Å². The Morgan fingerprint density at radius 2 is 2.18 bits per heavy atom. The van der Waals surface area contributed by atoms with Gasteiger partial charge in [-0.25, -0.2) is 8.42 Å². The van der Waals surface area contributed by atoms with Crippen LogP contribution >= 0.6 is 0 Å². The van der Waals surface area contributed by atoms with Gasteiger partial charge in [0.25, 0.3) is 5.56 Å². The van der Waals surface area contributed by atoms with Crippen LogP contribution in [0.1, 0.15) is 18.0 Å². The summed E-state index contributed by atoms with van der Waals surface area (Å²) >= 11 is 0. The third kappa shape index (κ3) is 1.78. The first-order valence-electron chi connectivity index (χ1n) is 5.46. The molecule has 90 valence electrons. The topological polar surface area (TPSA) is 71.4 Å². The van der Waals surface area contributed by atoms with Crippen molar-refractivity contribution in [2.75, 3.05) is 11.5 Å². The van der Waals surface area contributed by atoms with Crippen LogP contribution < -0.4 is 5.56 Å². The van der Waals surface area contributed by atoms with E-state index in [0.29, 0.717) is 12.1 Å². The van der Waals surface area contributed by atoms with Crippen LogP contribution in [0.3, 0.4) is 0 Å². The maximum Gasteiger partial charge on any atom is 0.256 e. The summed E-state index contributed by atoms with van der Waals surface area (Å²) in [6.45, 7) is 0. The monoisotopic (exact) mass is 252 g/mol. The van der Waals surface area contributed by atoms with Gasteiger partial charge >= 0.3 is 0 Å². The molecule has 2 aromatic heterocycles. The third-order valence-corrected chi connectivity index (χ3v) is 4.97. The first-order valence-corrected chi connectivity index (χ1v) is 7.28. The quantitative estimate of drug-likeness (QED) is 0.804. The van der Waals surface area contributed by atoms with E-state index in [9.17, 15) is 13.2 Å². The van der Waals surface area contributed by atoms with Crippen molar-refractivity contribution in [1.29, 1.82) is 0 Å². The molecule has 17 heavy (non-hydrogen) atoms. The average Bonchev–Trinajstić information content (AvgIpc) is 2.82. The molecule has 2 aromatic rings. The maximum absolute atomic E-state index is 11.6. The molecule has 1 fully saturated rings. The molecule has 0 aliphatic carbocycles.